The van der Waals surface area contributed by atoms with Gasteiger partial charge < -0.3 is 4.98 Å². The Labute approximate surface area is 100 Å². The summed E-state index contributed by atoms with van der Waals surface area (Å²) >= 11 is 3.34. The van der Waals surface area contributed by atoms with Crippen molar-refractivity contribution in [2.24, 2.45) is 0 Å². The molecule has 78 valence electrons. The van der Waals surface area contributed by atoms with Gasteiger partial charge in [-0.15, -0.1) is 0 Å². The van der Waals surface area contributed by atoms with Gasteiger partial charge in [-0.25, -0.2) is 0 Å². The van der Waals surface area contributed by atoms with Crippen molar-refractivity contribution in [1.82, 2.24) is 4.98 Å². The Morgan fingerprint density at radius 3 is 2.56 bits per heavy atom. The normalized spacial score (nSPS) is 9.75. The minimum absolute atomic E-state index is 0.126. The molecule has 16 heavy (non-hydrogen) atoms. The lowest BCUT2D eigenvalue weighted by Gasteiger charge is -2.05. The van der Waals surface area contributed by atoms with Gasteiger partial charge in [-0.05, 0) is 21.5 Å². The van der Waals surface area contributed by atoms with Crippen LogP contribution in [0.3, 0.4) is 0 Å². The third kappa shape index (κ3) is 1.77. The standard InChI is InChI=1S/C12H7BrN2O/c13-10-7-15-12(16)9(6-14)11(10)8-4-2-1-3-5-8/h1-5,7H,(H,15,16). The SMILES string of the molecule is N#Cc1c(-c2ccccc2)c(Br)c[nH]c1=O. The highest BCUT2D eigenvalue weighted by Crippen LogP contribution is 2.28. The molecule has 0 amide bonds. The molecule has 0 spiro atoms. The number of H-pyrrole nitrogens is 1. The van der Waals surface area contributed by atoms with Gasteiger partial charge in [0.1, 0.15) is 11.6 Å². The molecule has 0 fully saturated rings. The van der Waals surface area contributed by atoms with Crippen LogP contribution >= 0.6 is 15.9 Å². The maximum absolute atomic E-state index is 11.5. The predicted octanol–water partition coefficient (Wildman–Crippen LogP) is 2.68. The molecule has 4 heteroatoms. The minimum atomic E-state index is -0.371. The maximum atomic E-state index is 11.5. The van der Waals surface area contributed by atoms with Crippen LogP contribution in [0.15, 0.2) is 45.8 Å². The third-order valence-electron chi connectivity index (χ3n) is 2.22. The average Bonchev–Trinajstić information content (AvgIpc) is 2.33. The number of rotatable bonds is 1. The molecular weight excluding hydrogens is 268 g/mol. The topological polar surface area (TPSA) is 56.6 Å². The predicted molar refractivity (Wildman–Crippen MR) is 64.9 cm³/mol. The lowest BCUT2D eigenvalue weighted by molar-refractivity contribution is 1.20. The van der Waals surface area contributed by atoms with Crippen molar-refractivity contribution in [2.45, 2.75) is 0 Å². The van der Waals surface area contributed by atoms with Gasteiger partial charge in [0.25, 0.3) is 5.56 Å². The summed E-state index contributed by atoms with van der Waals surface area (Å²) in [6.45, 7) is 0. The van der Waals surface area contributed by atoms with E-state index in [1.165, 1.54) is 0 Å². The number of aromatic nitrogens is 1. The summed E-state index contributed by atoms with van der Waals surface area (Å²) in [7, 11) is 0. The van der Waals surface area contributed by atoms with Crippen molar-refractivity contribution in [3.8, 4) is 17.2 Å². The van der Waals surface area contributed by atoms with Gasteiger partial charge in [0.05, 0.1) is 0 Å². The fourth-order valence-corrected chi connectivity index (χ4v) is 2.04. The van der Waals surface area contributed by atoms with E-state index in [0.29, 0.717) is 10.0 Å². The molecule has 1 aromatic carbocycles. The molecule has 3 nitrogen and oxygen atoms in total. The van der Waals surface area contributed by atoms with Crippen LogP contribution in [0.4, 0.5) is 0 Å². The zero-order valence-corrected chi connectivity index (χ0v) is 9.78. The number of nitriles is 1. The molecule has 0 bridgehead atoms. The highest BCUT2D eigenvalue weighted by atomic mass is 79.9. The second kappa shape index (κ2) is 4.33. The van der Waals surface area contributed by atoms with E-state index >= 15 is 0 Å². The van der Waals surface area contributed by atoms with E-state index in [4.69, 9.17) is 5.26 Å². The number of halogens is 1. The summed E-state index contributed by atoms with van der Waals surface area (Å²) in [6.07, 6.45) is 1.55. The van der Waals surface area contributed by atoms with E-state index in [1.807, 2.05) is 36.4 Å². The van der Waals surface area contributed by atoms with Crippen LogP contribution in [0, 0.1) is 11.3 Å². The molecule has 2 rings (SSSR count). The van der Waals surface area contributed by atoms with Crippen LogP contribution in [-0.2, 0) is 0 Å². The quantitative estimate of drug-likeness (QED) is 0.869. The Bertz CT molecular complexity index is 611. The average molecular weight is 275 g/mol. The molecule has 1 aromatic heterocycles. The summed E-state index contributed by atoms with van der Waals surface area (Å²) in [4.78, 5) is 14.0. The lowest BCUT2D eigenvalue weighted by Crippen LogP contribution is -2.11. The zero-order valence-electron chi connectivity index (χ0n) is 8.20. The fraction of sp³-hybridized carbons (Fsp3) is 0. The van der Waals surface area contributed by atoms with Crippen LogP contribution in [-0.4, -0.2) is 4.98 Å². The van der Waals surface area contributed by atoms with Gasteiger partial charge in [0.15, 0.2) is 0 Å². The highest BCUT2D eigenvalue weighted by Gasteiger charge is 2.12. The van der Waals surface area contributed by atoms with Crippen molar-refractivity contribution in [3.05, 3.63) is 56.9 Å². The van der Waals surface area contributed by atoms with Crippen molar-refractivity contribution in [3.63, 3.8) is 0 Å². The van der Waals surface area contributed by atoms with E-state index in [9.17, 15) is 4.79 Å². The lowest BCUT2D eigenvalue weighted by atomic mass is 10.0. The molecule has 0 aliphatic rings. The first-order chi connectivity index (χ1) is 7.74. The molecule has 0 aliphatic carbocycles. The van der Waals surface area contributed by atoms with Crippen molar-refractivity contribution >= 4 is 15.9 Å². The Morgan fingerprint density at radius 2 is 1.94 bits per heavy atom. The number of pyridine rings is 1. The number of hydrogen-bond acceptors (Lipinski definition) is 2. The van der Waals surface area contributed by atoms with Crippen molar-refractivity contribution < 1.29 is 0 Å². The molecule has 0 aliphatic heterocycles. The van der Waals surface area contributed by atoms with Gasteiger partial charge in [0, 0.05) is 16.2 Å². The first kappa shape index (κ1) is 10.7. The van der Waals surface area contributed by atoms with E-state index < -0.39 is 0 Å². The van der Waals surface area contributed by atoms with Gasteiger partial charge in [-0.2, -0.15) is 5.26 Å². The van der Waals surface area contributed by atoms with E-state index in [2.05, 4.69) is 20.9 Å². The number of nitrogens with zero attached hydrogens (tertiary/aromatic N) is 1. The van der Waals surface area contributed by atoms with Crippen LogP contribution in [0.5, 0.6) is 0 Å². The fourth-order valence-electron chi connectivity index (χ4n) is 1.50. The molecule has 2 aromatic rings. The van der Waals surface area contributed by atoms with Crippen LogP contribution in [0.25, 0.3) is 11.1 Å². The van der Waals surface area contributed by atoms with Gasteiger partial charge in [-0.3, -0.25) is 4.79 Å². The summed E-state index contributed by atoms with van der Waals surface area (Å²) in [5.41, 5.74) is 1.23. The number of aromatic amines is 1. The Hall–Kier alpha value is -1.86. The highest BCUT2D eigenvalue weighted by molar-refractivity contribution is 9.10. The maximum Gasteiger partial charge on any atom is 0.266 e. The van der Waals surface area contributed by atoms with Crippen LogP contribution in [0.2, 0.25) is 0 Å². The van der Waals surface area contributed by atoms with E-state index in [0.717, 1.165) is 5.56 Å². The molecular formula is C12H7BrN2O. The second-order valence-electron chi connectivity index (χ2n) is 3.19. The summed E-state index contributed by atoms with van der Waals surface area (Å²) in [5.74, 6) is 0. The number of nitrogens with one attached hydrogen (secondary N) is 1. The Balaban J connectivity index is 2.80. The molecule has 0 saturated heterocycles. The van der Waals surface area contributed by atoms with Gasteiger partial charge >= 0.3 is 0 Å². The van der Waals surface area contributed by atoms with Crippen LogP contribution in [0.1, 0.15) is 5.56 Å². The molecule has 0 saturated carbocycles. The number of benzene rings is 1. The minimum Gasteiger partial charge on any atom is -0.327 e. The molecule has 1 heterocycles. The Morgan fingerprint density at radius 1 is 1.25 bits per heavy atom. The van der Waals surface area contributed by atoms with E-state index in [1.54, 1.807) is 6.20 Å². The molecule has 1 N–H and O–H groups in total. The van der Waals surface area contributed by atoms with Crippen molar-refractivity contribution in [1.29, 1.82) is 5.26 Å². The van der Waals surface area contributed by atoms with Gasteiger partial charge in [-0.1, -0.05) is 30.3 Å². The second-order valence-corrected chi connectivity index (χ2v) is 4.05. The van der Waals surface area contributed by atoms with E-state index in [-0.39, 0.29) is 11.1 Å². The largest absolute Gasteiger partial charge is 0.327 e. The summed E-state index contributed by atoms with van der Waals surface area (Å²) in [5, 5.41) is 8.99. The Kier molecular flexibility index (Phi) is 2.88. The van der Waals surface area contributed by atoms with Crippen molar-refractivity contribution in [2.75, 3.05) is 0 Å². The summed E-state index contributed by atoms with van der Waals surface area (Å²) < 4.78 is 0.704. The third-order valence-corrected chi connectivity index (χ3v) is 2.85. The number of hydrogen-bond donors (Lipinski definition) is 1. The zero-order chi connectivity index (χ0) is 11.5. The summed E-state index contributed by atoms with van der Waals surface area (Å²) in [6, 6.07) is 11.3. The smallest absolute Gasteiger partial charge is 0.266 e. The molecule has 0 radical (unpaired) electrons. The molecule has 0 unspecified atom stereocenters. The monoisotopic (exact) mass is 274 g/mol. The van der Waals surface area contributed by atoms with Crippen LogP contribution < -0.4 is 5.56 Å². The molecule has 0 atom stereocenters. The first-order valence-electron chi connectivity index (χ1n) is 4.60. The van der Waals surface area contributed by atoms with Gasteiger partial charge in [0.2, 0.25) is 0 Å². The first-order valence-corrected chi connectivity index (χ1v) is 5.40.